The third kappa shape index (κ3) is 2.29. The van der Waals surface area contributed by atoms with Gasteiger partial charge in [0, 0.05) is 23.7 Å². The van der Waals surface area contributed by atoms with Crippen LogP contribution in [0.5, 0.6) is 5.75 Å². The summed E-state index contributed by atoms with van der Waals surface area (Å²) in [5, 5.41) is 3.28. The van der Waals surface area contributed by atoms with Gasteiger partial charge in [0.15, 0.2) is 0 Å². The smallest absolute Gasteiger partial charge is 0.128 e. The second-order valence-corrected chi connectivity index (χ2v) is 4.73. The Kier molecular flexibility index (Phi) is 3.13. The molecule has 1 N–H and O–H groups in total. The highest BCUT2D eigenvalue weighted by Gasteiger charge is 2.19. The number of nitrogens with zero attached hydrogens (tertiary/aromatic N) is 1. The highest BCUT2D eigenvalue weighted by Crippen LogP contribution is 2.34. The molecule has 2 aromatic rings. The minimum absolute atomic E-state index is 0.242. The molecule has 0 saturated heterocycles. The van der Waals surface area contributed by atoms with Gasteiger partial charge in [0.05, 0.1) is 7.11 Å². The summed E-state index contributed by atoms with van der Waals surface area (Å²) in [6.45, 7) is 0. The molecule has 0 bridgehead atoms. The van der Waals surface area contributed by atoms with Crippen LogP contribution in [-0.4, -0.2) is 12.1 Å². The normalized spacial score (nSPS) is 17.2. The quantitative estimate of drug-likeness (QED) is 0.672. The van der Waals surface area contributed by atoms with Crippen molar-refractivity contribution in [1.29, 1.82) is 0 Å². The maximum absolute atomic E-state index is 6.38. The van der Waals surface area contributed by atoms with Crippen molar-refractivity contribution >= 4 is 23.4 Å². The third-order valence-corrected chi connectivity index (χ3v) is 3.48. The minimum atomic E-state index is -0.242. The monoisotopic (exact) mass is 272 g/mol. The molecule has 19 heavy (non-hydrogen) atoms. The number of ether oxygens (including phenoxy) is 1. The van der Waals surface area contributed by atoms with Gasteiger partial charge in [0.2, 0.25) is 0 Å². The number of hydrogen-bond acceptors (Lipinski definition) is 3. The van der Waals surface area contributed by atoms with Crippen LogP contribution in [0.4, 0.5) is 0 Å². The van der Waals surface area contributed by atoms with E-state index in [2.05, 4.69) is 16.4 Å². The first kappa shape index (κ1) is 12.1. The molecule has 96 valence electrons. The first-order valence-electron chi connectivity index (χ1n) is 5.98. The van der Waals surface area contributed by atoms with Gasteiger partial charge in [-0.3, -0.25) is 4.98 Å². The predicted molar refractivity (Wildman–Crippen MR) is 76.8 cm³/mol. The number of rotatable bonds is 2. The van der Waals surface area contributed by atoms with Gasteiger partial charge < -0.3 is 10.1 Å². The minimum Gasteiger partial charge on any atom is -0.497 e. The van der Waals surface area contributed by atoms with E-state index in [4.69, 9.17) is 16.3 Å². The molecule has 1 aromatic heterocycles. The van der Waals surface area contributed by atoms with Crippen LogP contribution in [0.25, 0.3) is 11.8 Å². The molecule has 0 amide bonds. The van der Waals surface area contributed by atoms with Gasteiger partial charge in [0.25, 0.3) is 0 Å². The summed E-state index contributed by atoms with van der Waals surface area (Å²) in [6.07, 6.45) is 5.61. The summed E-state index contributed by atoms with van der Waals surface area (Å²) in [5.74, 6) is 0.829. The third-order valence-electron chi connectivity index (χ3n) is 3.14. The number of hydrogen-bond donors (Lipinski definition) is 1. The number of alkyl halides is 1. The fourth-order valence-corrected chi connectivity index (χ4v) is 2.46. The number of methoxy groups -OCH3 is 1. The van der Waals surface area contributed by atoms with Gasteiger partial charge in [-0.25, -0.2) is 0 Å². The van der Waals surface area contributed by atoms with Crippen LogP contribution in [-0.2, 0) is 0 Å². The Bertz CT molecular complexity index is 625. The van der Waals surface area contributed by atoms with Crippen molar-refractivity contribution in [2.24, 2.45) is 0 Å². The van der Waals surface area contributed by atoms with E-state index in [-0.39, 0.29) is 5.50 Å². The van der Waals surface area contributed by atoms with Gasteiger partial charge >= 0.3 is 0 Å². The molecule has 0 saturated carbocycles. The van der Waals surface area contributed by atoms with E-state index < -0.39 is 0 Å². The number of benzene rings is 1. The molecule has 1 aromatic carbocycles. The molecule has 1 aliphatic heterocycles. The van der Waals surface area contributed by atoms with Gasteiger partial charge in [-0.15, -0.1) is 0 Å². The molecule has 3 rings (SSSR count). The second-order valence-electron chi connectivity index (χ2n) is 4.30. The molecule has 0 fully saturated rings. The zero-order chi connectivity index (χ0) is 13.2. The fourth-order valence-electron chi connectivity index (χ4n) is 2.15. The van der Waals surface area contributed by atoms with Crippen molar-refractivity contribution in [2.75, 3.05) is 7.11 Å². The number of nitrogens with one attached hydrogen (secondary N) is 1. The first-order valence-corrected chi connectivity index (χ1v) is 6.42. The molecular weight excluding hydrogens is 260 g/mol. The van der Waals surface area contributed by atoms with Crippen LogP contribution in [0.3, 0.4) is 0 Å². The number of pyridine rings is 1. The van der Waals surface area contributed by atoms with E-state index in [0.29, 0.717) is 0 Å². The van der Waals surface area contributed by atoms with E-state index in [9.17, 15) is 0 Å². The fraction of sp³-hybridized carbons (Fsp3) is 0.133. The Hall–Kier alpha value is -2.00. The molecule has 2 heterocycles. The highest BCUT2D eigenvalue weighted by molar-refractivity contribution is 6.21. The molecule has 4 heteroatoms. The molecule has 1 unspecified atom stereocenters. The van der Waals surface area contributed by atoms with E-state index in [1.165, 1.54) is 0 Å². The standard InChI is InChI=1S/C15H13ClN2O/c1-19-12-2-3-13-11(8-12)9-14(18-15(13)16)10-4-6-17-7-5-10/h2-9,15,18H,1H3. The van der Waals surface area contributed by atoms with Crippen molar-refractivity contribution in [3.05, 3.63) is 59.4 Å². The average molecular weight is 273 g/mol. The lowest BCUT2D eigenvalue weighted by atomic mass is 10.00. The average Bonchev–Trinajstić information content (AvgIpc) is 2.47. The van der Waals surface area contributed by atoms with E-state index in [0.717, 1.165) is 28.1 Å². The maximum atomic E-state index is 6.38. The lowest BCUT2D eigenvalue weighted by molar-refractivity contribution is 0.414. The first-order chi connectivity index (χ1) is 9.28. The van der Waals surface area contributed by atoms with Gasteiger partial charge in [0.1, 0.15) is 11.3 Å². The molecule has 0 aliphatic carbocycles. The second kappa shape index (κ2) is 4.94. The van der Waals surface area contributed by atoms with Gasteiger partial charge in [-0.1, -0.05) is 17.7 Å². The summed E-state index contributed by atoms with van der Waals surface area (Å²) >= 11 is 6.38. The van der Waals surface area contributed by atoms with Crippen LogP contribution in [0.2, 0.25) is 0 Å². The van der Waals surface area contributed by atoms with Gasteiger partial charge in [-0.05, 0) is 41.5 Å². The van der Waals surface area contributed by atoms with E-state index in [1.54, 1.807) is 19.5 Å². The maximum Gasteiger partial charge on any atom is 0.128 e. The van der Waals surface area contributed by atoms with Crippen LogP contribution in [0.15, 0.2) is 42.7 Å². The van der Waals surface area contributed by atoms with Crippen molar-refractivity contribution in [1.82, 2.24) is 10.3 Å². The zero-order valence-electron chi connectivity index (χ0n) is 10.4. The molecular formula is C15H13ClN2O. The van der Waals surface area contributed by atoms with E-state index in [1.807, 2.05) is 30.3 Å². The number of fused-ring (bicyclic) bond motifs is 1. The van der Waals surface area contributed by atoms with Crippen LogP contribution >= 0.6 is 11.6 Å². The summed E-state index contributed by atoms with van der Waals surface area (Å²) in [4.78, 5) is 4.02. The lowest BCUT2D eigenvalue weighted by Crippen LogP contribution is -2.19. The largest absolute Gasteiger partial charge is 0.497 e. The summed E-state index contributed by atoms with van der Waals surface area (Å²) < 4.78 is 5.25. The van der Waals surface area contributed by atoms with Crippen molar-refractivity contribution in [3.63, 3.8) is 0 Å². The van der Waals surface area contributed by atoms with Crippen molar-refractivity contribution < 1.29 is 4.74 Å². The molecule has 1 atom stereocenters. The van der Waals surface area contributed by atoms with Crippen LogP contribution in [0.1, 0.15) is 22.2 Å². The number of halogens is 1. The Morgan fingerprint density at radius 2 is 2.00 bits per heavy atom. The molecule has 0 radical (unpaired) electrons. The Morgan fingerprint density at radius 1 is 1.21 bits per heavy atom. The van der Waals surface area contributed by atoms with E-state index >= 15 is 0 Å². The van der Waals surface area contributed by atoms with Crippen LogP contribution < -0.4 is 10.1 Å². The Balaban J connectivity index is 2.07. The van der Waals surface area contributed by atoms with Gasteiger partial charge in [-0.2, -0.15) is 0 Å². The Labute approximate surface area is 116 Å². The predicted octanol–water partition coefficient (Wildman–Crippen LogP) is 3.43. The zero-order valence-corrected chi connectivity index (χ0v) is 11.2. The SMILES string of the molecule is COc1ccc2c(c1)C=C(c1ccncc1)NC2Cl. The van der Waals surface area contributed by atoms with Crippen LogP contribution in [0, 0.1) is 0 Å². The summed E-state index contributed by atoms with van der Waals surface area (Å²) in [5.41, 5.74) is 3.94. The number of aromatic nitrogens is 1. The molecule has 1 aliphatic rings. The highest BCUT2D eigenvalue weighted by atomic mass is 35.5. The summed E-state index contributed by atoms with van der Waals surface area (Å²) in [7, 11) is 1.66. The molecule has 3 nitrogen and oxygen atoms in total. The lowest BCUT2D eigenvalue weighted by Gasteiger charge is -2.24. The van der Waals surface area contributed by atoms with Crippen molar-refractivity contribution in [2.45, 2.75) is 5.50 Å². The molecule has 0 spiro atoms. The summed E-state index contributed by atoms with van der Waals surface area (Å²) in [6, 6.07) is 9.80. The Morgan fingerprint density at radius 3 is 2.74 bits per heavy atom. The van der Waals surface area contributed by atoms with Crippen molar-refractivity contribution in [3.8, 4) is 5.75 Å². The topological polar surface area (TPSA) is 34.1 Å².